The number of rotatable bonds is 4. The summed E-state index contributed by atoms with van der Waals surface area (Å²) in [5, 5.41) is 18.1. The Hall–Kier alpha value is -2.61. The van der Waals surface area contributed by atoms with Crippen molar-refractivity contribution in [3.63, 3.8) is 0 Å². The molecule has 8 heteroatoms. The Kier molecular flexibility index (Phi) is 3.44. The molecular weight excluding hydrogens is 290 g/mol. The second-order valence-corrected chi connectivity index (χ2v) is 5.02. The molecule has 0 spiro atoms. The van der Waals surface area contributed by atoms with Crippen LogP contribution in [0, 0.1) is 10.1 Å². The second kappa shape index (κ2) is 5.41. The number of anilines is 2. The monoisotopic (exact) mass is 301 g/mol. The Balaban J connectivity index is 2.01. The summed E-state index contributed by atoms with van der Waals surface area (Å²) in [6.07, 6.45) is 6.93. The van der Waals surface area contributed by atoms with E-state index in [1.165, 1.54) is 18.3 Å². The molecule has 21 heavy (non-hydrogen) atoms. The SMILES string of the molecule is CSc1c(Nc2cc([N+](=O)[O-])ccn2)ccn2nccc12. The van der Waals surface area contributed by atoms with Crippen LogP contribution in [0.4, 0.5) is 17.2 Å². The molecule has 0 atom stereocenters. The molecule has 0 amide bonds. The van der Waals surface area contributed by atoms with Gasteiger partial charge in [-0.1, -0.05) is 0 Å². The Morgan fingerprint density at radius 2 is 2.19 bits per heavy atom. The third kappa shape index (κ3) is 2.52. The highest BCUT2D eigenvalue weighted by atomic mass is 32.2. The van der Waals surface area contributed by atoms with E-state index in [0.29, 0.717) is 5.82 Å². The Morgan fingerprint density at radius 3 is 2.95 bits per heavy atom. The molecule has 106 valence electrons. The largest absolute Gasteiger partial charge is 0.339 e. The van der Waals surface area contributed by atoms with Gasteiger partial charge in [0.1, 0.15) is 5.82 Å². The molecule has 0 saturated carbocycles. The van der Waals surface area contributed by atoms with Gasteiger partial charge in [0, 0.05) is 18.5 Å². The maximum atomic E-state index is 10.8. The molecule has 3 heterocycles. The molecule has 0 radical (unpaired) electrons. The number of nitro groups is 1. The van der Waals surface area contributed by atoms with Crippen molar-refractivity contribution in [3.05, 3.63) is 53.0 Å². The molecule has 0 unspecified atom stereocenters. The van der Waals surface area contributed by atoms with Gasteiger partial charge in [-0.05, 0) is 18.4 Å². The molecule has 0 aliphatic rings. The first-order valence-electron chi connectivity index (χ1n) is 6.07. The molecule has 0 bridgehead atoms. The topological polar surface area (TPSA) is 85.4 Å². The van der Waals surface area contributed by atoms with Crippen LogP contribution in [-0.4, -0.2) is 25.8 Å². The number of hydrogen-bond acceptors (Lipinski definition) is 6. The minimum atomic E-state index is -0.442. The van der Waals surface area contributed by atoms with Crippen molar-refractivity contribution in [2.45, 2.75) is 4.90 Å². The summed E-state index contributed by atoms with van der Waals surface area (Å²) in [7, 11) is 0. The van der Waals surface area contributed by atoms with Gasteiger partial charge in [-0.2, -0.15) is 5.10 Å². The van der Waals surface area contributed by atoms with Crippen molar-refractivity contribution in [1.29, 1.82) is 0 Å². The number of nitrogens with one attached hydrogen (secondary N) is 1. The molecule has 1 N–H and O–H groups in total. The zero-order chi connectivity index (χ0) is 14.8. The fraction of sp³-hybridized carbons (Fsp3) is 0.0769. The molecule has 0 fully saturated rings. The van der Waals surface area contributed by atoms with E-state index in [9.17, 15) is 10.1 Å². The lowest BCUT2D eigenvalue weighted by molar-refractivity contribution is -0.384. The van der Waals surface area contributed by atoms with Gasteiger partial charge >= 0.3 is 0 Å². The Bertz CT molecular complexity index is 817. The van der Waals surface area contributed by atoms with Crippen LogP contribution in [0.2, 0.25) is 0 Å². The molecule has 0 aliphatic heterocycles. The number of nitrogens with zero attached hydrogens (tertiary/aromatic N) is 4. The summed E-state index contributed by atoms with van der Waals surface area (Å²) in [6, 6.07) is 6.55. The zero-order valence-corrected chi connectivity index (χ0v) is 11.9. The standard InChI is InChI=1S/C13H11N5O2S/c1-21-13-10(4-7-17-11(13)3-6-15-17)16-12-8-9(18(19)20)2-5-14-12/h2-8H,1H3,(H,14,16). The van der Waals surface area contributed by atoms with Crippen LogP contribution < -0.4 is 5.32 Å². The maximum absolute atomic E-state index is 10.8. The average molecular weight is 301 g/mol. The van der Waals surface area contributed by atoms with E-state index in [1.54, 1.807) is 22.5 Å². The summed E-state index contributed by atoms with van der Waals surface area (Å²) in [6.45, 7) is 0. The quantitative estimate of drug-likeness (QED) is 0.453. The van der Waals surface area contributed by atoms with E-state index in [1.807, 2.05) is 24.6 Å². The minimum absolute atomic E-state index is 0.00336. The lowest BCUT2D eigenvalue weighted by atomic mass is 10.3. The molecular formula is C13H11N5O2S. The van der Waals surface area contributed by atoms with Crippen LogP contribution in [0.15, 0.2) is 47.8 Å². The van der Waals surface area contributed by atoms with Crippen molar-refractivity contribution < 1.29 is 4.92 Å². The third-order valence-corrected chi connectivity index (χ3v) is 3.79. The third-order valence-electron chi connectivity index (χ3n) is 2.95. The molecule has 0 aromatic carbocycles. The number of hydrogen-bond donors (Lipinski definition) is 1. The summed E-state index contributed by atoms with van der Waals surface area (Å²) in [4.78, 5) is 15.5. The number of pyridine rings is 2. The van der Waals surface area contributed by atoms with Crippen LogP contribution in [0.1, 0.15) is 0 Å². The van der Waals surface area contributed by atoms with Gasteiger partial charge in [-0.15, -0.1) is 11.8 Å². The van der Waals surface area contributed by atoms with Gasteiger partial charge < -0.3 is 5.32 Å². The van der Waals surface area contributed by atoms with Crippen molar-refractivity contribution in [1.82, 2.24) is 14.6 Å². The second-order valence-electron chi connectivity index (χ2n) is 4.21. The fourth-order valence-electron chi connectivity index (χ4n) is 2.02. The summed E-state index contributed by atoms with van der Waals surface area (Å²) >= 11 is 1.57. The summed E-state index contributed by atoms with van der Waals surface area (Å²) in [5.74, 6) is 0.434. The molecule has 3 aromatic heterocycles. The fourth-order valence-corrected chi connectivity index (χ4v) is 2.73. The van der Waals surface area contributed by atoms with Gasteiger partial charge in [-0.3, -0.25) is 10.1 Å². The zero-order valence-electron chi connectivity index (χ0n) is 11.1. The molecule has 0 aliphatic carbocycles. The number of fused-ring (bicyclic) bond motifs is 1. The van der Waals surface area contributed by atoms with Crippen LogP contribution >= 0.6 is 11.8 Å². The van der Waals surface area contributed by atoms with Crippen molar-refractivity contribution in [2.24, 2.45) is 0 Å². The van der Waals surface area contributed by atoms with Crippen molar-refractivity contribution in [2.75, 3.05) is 11.6 Å². The van der Waals surface area contributed by atoms with E-state index in [-0.39, 0.29) is 5.69 Å². The van der Waals surface area contributed by atoms with Crippen LogP contribution in [0.5, 0.6) is 0 Å². The predicted octanol–water partition coefficient (Wildman–Crippen LogP) is 3.10. The van der Waals surface area contributed by atoms with E-state index >= 15 is 0 Å². The van der Waals surface area contributed by atoms with Gasteiger partial charge in [0.15, 0.2) is 0 Å². The van der Waals surface area contributed by atoms with Crippen molar-refractivity contribution in [3.8, 4) is 0 Å². The lowest BCUT2D eigenvalue weighted by Crippen LogP contribution is -1.99. The van der Waals surface area contributed by atoms with Crippen LogP contribution in [0.3, 0.4) is 0 Å². The molecule has 3 rings (SSSR count). The van der Waals surface area contributed by atoms with E-state index in [0.717, 1.165) is 16.1 Å². The first-order valence-corrected chi connectivity index (χ1v) is 7.29. The summed E-state index contributed by atoms with van der Waals surface area (Å²) in [5.41, 5.74) is 1.81. The van der Waals surface area contributed by atoms with Crippen LogP contribution in [0.25, 0.3) is 5.52 Å². The summed E-state index contributed by atoms with van der Waals surface area (Å²) < 4.78 is 1.78. The van der Waals surface area contributed by atoms with E-state index in [4.69, 9.17) is 0 Å². The van der Waals surface area contributed by atoms with E-state index in [2.05, 4.69) is 15.4 Å². The average Bonchev–Trinajstić information content (AvgIpc) is 2.96. The Labute approximate surface area is 124 Å². The normalized spacial score (nSPS) is 10.7. The first kappa shape index (κ1) is 13.4. The minimum Gasteiger partial charge on any atom is -0.339 e. The number of aromatic nitrogens is 3. The highest BCUT2D eigenvalue weighted by Crippen LogP contribution is 2.31. The lowest BCUT2D eigenvalue weighted by Gasteiger charge is -2.11. The number of thioether (sulfide) groups is 1. The highest BCUT2D eigenvalue weighted by molar-refractivity contribution is 7.99. The van der Waals surface area contributed by atoms with Crippen molar-refractivity contribution >= 4 is 34.5 Å². The predicted molar refractivity (Wildman–Crippen MR) is 81.1 cm³/mol. The van der Waals surface area contributed by atoms with Gasteiger partial charge in [0.05, 0.1) is 33.3 Å². The molecule has 0 saturated heterocycles. The van der Waals surface area contributed by atoms with Gasteiger partial charge in [-0.25, -0.2) is 9.50 Å². The maximum Gasteiger partial charge on any atom is 0.274 e. The van der Waals surface area contributed by atoms with E-state index < -0.39 is 4.92 Å². The molecule has 3 aromatic rings. The Morgan fingerprint density at radius 1 is 1.33 bits per heavy atom. The van der Waals surface area contributed by atoms with Gasteiger partial charge in [0.25, 0.3) is 5.69 Å². The van der Waals surface area contributed by atoms with Gasteiger partial charge in [0.2, 0.25) is 0 Å². The van der Waals surface area contributed by atoms with Crippen LogP contribution in [-0.2, 0) is 0 Å². The molecule has 7 nitrogen and oxygen atoms in total. The smallest absolute Gasteiger partial charge is 0.274 e. The first-order chi connectivity index (χ1) is 10.2. The highest BCUT2D eigenvalue weighted by Gasteiger charge is 2.11.